The van der Waals surface area contributed by atoms with Crippen LogP contribution in [0.3, 0.4) is 0 Å². The molecule has 1 saturated heterocycles. The minimum absolute atomic E-state index is 0.354. The minimum atomic E-state index is -0.422. The summed E-state index contributed by atoms with van der Waals surface area (Å²) in [5.74, 6) is 0. The second-order valence-corrected chi connectivity index (χ2v) is 10.7. The molecule has 4 aromatic rings. The van der Waals surface area contributed by atoms with Gasteiger partial charge in [0, 0.05) is 0 Å². The van der Waals surface area contributed by atoms with E-state index in [0.717, 1.165) is 22.3 Å². The molecule has 0 amide bonds. The average Bonchev–Trinajstić information content (AvgIpc) is 3.01. The molecule has 0 bridgehead atoms. The lowest BCUT2D eigenvalue weighted by atomic mass is 9.99. The van der Waals surface area contributed by atoms with Crippen LogP contribution in [0.4, 0.5) is 0 Å². The standard InChI is InChI=1S/C34H35BrO5/c35-34-33(39-24-29-19-11-4-12-20-29)32(38-23-28-17-9-3-10-18-28)31(37-22-27-15-7-2-8-16-27)30(40-34)25-36-21-26-13-5-1-6-14-26/h1-20,30-34H,21-25H2/t30-,31-,32+,33-,34?/m1/s1. The first kappa shape index (κ1) is 28.7. The summed E-state index contributed by atoms with van der Waals surface area (Å²) >= 11 is 3.76. The molecule has 6 heteroatoms. The molecule has 5 rings (SSSR count). The third kappa shape index (κ3) is 8.33. The molecule has 0 saturated carbocycles. The summed E-state index contributed by atoms with van der Waals surface area (Å²) in [6, 6.07) is 40.6. The van der Waals surface area contributed by atoms with Gasteiger partial charge in [-0.25, -0.2) is 0 Å². The molecule has 40 heavy (non-hydrogen) atoms. The van der Waals surface area contributed by atoms with Crippen LogP contribution < -0.4 is 0 Å². The fourth-order valence-corrected chi connectivity index (χ4v) is 5.46. The predicted molar refractivity (Wildman–Crippen MR) is 159 cm³/mol. The predicted octanol–water partition coefficient (Wildman–Crippen LogP) is 7.08. The third-order valence-electron chi connectivity index (χ3n) is 6.83. The fourth-order valence-electron chi connectivity index (χ4n) is 4.73. The number of ether oxygens (including phenoxy) is 5. The molecule has 1 fully saturated rings. The van der Waals surface area contributed by atoms with Crippen LogP contribution in [-0.4, -0.2) is 36.0 Å². The molecule has 1 aliphatic heterocycles. The first-order valence-corrected chi connectivity index (χ1v) is 14.6. The molecule has 0 radical (unpaired) electrons. The van der Waals surface area contributed by atoms with Gasteiger partial charge in [0.2, 0.25) is 0 Å². The highest BCUT2D eigenvalue weighted by Gasteiger charge is 2.47. The van der Waals surface area contributed by atoms with E-state index in [1.54, 1.807) is 0 Å². The Hall–Kier alpha value is -2.84. The van der Waals surface area contributed by atoms with Crippen molar-refractivity contribution in [1.29, 1.82) is 0 Å². The fraction of sp³-hybridized carbons (Fsp3) is 0.294. The summed E-state index contributed by atoms with van der Waals surface area (Å²) in [6.45, 7) is 2.13. The lowest BCUT2D eigenvalue weighted by molar-refractivity contribution is -0.253. The molecule has 1 aliphatic rings. The first-order valence-electron chi connectivity index (χ1n) is 13.6. The highest BCUT2D eigenvalue weighted by molar-refractivity contribution is 9.09. The van der Waals surface area contributed by atoms with Crippen molar-refractivity contribution in [3.05, 3.63) is 144 Å². The van der Waals surface area contributed by atoms with E-state index in [9.17, 15) is 0 Å². The van der Waals surface area contributed by atoms with Gasteiger partial charge in [-0.1, -0.05) is 137 Å². The number of hydrogen-bond donors (Lipinski definition) is 0. The van der Waals surface area contributed by atoms with Gasteiger partial charge in [0.15, 0.2) is 0 Å². The Morgan fingerprint density at radius 2 is 0.850 bits per heavy atom. The van der Waals surface area contributed by atoms with Crippen LogP contribution in [0.15, 0.2) is 121 Å². The highest BCUT2D eigenvalue weighted by atomic mass is 79.9. The Balaban J connectivity index is 1.36. The molecule has 5 atom stereocenters. The van der Waals surface area contributed by atoms with Gasteiger partial charge < -0.3 is 23.7 Å². The number of benzene rings is 4. The van der Waals surface area contributed by atoms with Crippen LogP contribution in [-0.2, 0) is 50.1 Å². The normalized spacial score (nSPS) is 22.7. The summed E-state index contributed by atoms with van der Waals surface area (Å²) in [5, 5.41) is -0.404. The summed E-state index contributed by atoms with van der Waals surface area (Å²) in [7, 11) is 0. The third-order valence-corrected chi connectivity index (χ3v) is 7.56. The lowest BCUT2D eigenvalue weighted by Gasteiger charge is -2.44. The van der Waals surface area contributed by atoms with Gasteiger partial charge in [0.05, 0.1) is 33.0 Å². The van der Waals surface area contributed by atoms with Gasteiger partial charge in [-0.15, -0.1) is 0 Å². The van der Waals surface area contributed by atoms with Crippen LogP contribution in [0.1, 0.15) is 22.3 Å². The highest BCUT2D eigenvalue weighted by Crippen LogP contribution is 2.33. The summed E-state index contributed by atoms with van der Waals surface area (Å²) in [4.78, 5) is 0. The molecule has 0 aliphatic carbocycles. The Morgan fingerprint density at radius 3 is 1.30 bits per heavy atom. The maximum atomic E-state index is 6.62. The topological polar surface area (TPSA) is 46.2 Å². The molecular weight excluding hydrogens is 568 g/mol. The van der Waals surface area contributed by atoms with E-state index < -0.39 is 23.3 Å². The van der Waals surface area contributed by atoms with Crippen molar-refractivity contribution in [2.45, 2.75) is 55.9 Å². The van der Waals surface area contributed by atoms with E-state index in [1.165, 1.54) is 0 Å². The summed E-state index contributed by atoms with van der Waals surface area (Å²) in [5.41, 5.74) is 4.35. The van der Waals surface area contributed by atoms with Crippen LogP contribution in [0.5, 0.6) is 0 Å². The average molecular weight is 604 g/mol. The van der Waals surface area contributed by atoms with Crippen molar-refractivity contribution in [3.63, 3.8) is 0 Å². The molecule has 1 unspecified atom stereocenters. The van der Waals surface area contributed by atoms with Gasteiger partial charge in [-0.2, -0.15) is 0 Å². The SMILES string of the molecule is BrC1O[C@H](COCc2ccccc2)[C@@H](OCc2ccccc2)[C@H](OCc2ccccc2)[C@H]1OCc1ccccc1. The van der Waals surface area contributed by atoms with E-state index in [1.807, 2.05) is 72.8 Å². The van der Waals surface area contributed by atoms with Crippen LogP contribution in [0.2, 0.25) is 0 Å². The second-order valence-electron chi connectivity index (χ2n) is 9.81. The molecule has 4 aromatic carbocycles. The van der Waals surface area contributed by atoms with Crippen molar-refractivity contribution < 1.29 is 23.7 Å². The van der Waals surface area contributed by atoms with E-state index in [2.05, 4.69) is 64.5 Å². The first-order chi connectivity index (χ1) is 19.8. The minimum Gasteiger partial charge on any atom is -0.374 e. The maximum absolute atomic E-state index is 6.62. The number of halogens is 1. The molecule has 1 heterocycles. The molecule has 208 valence electrons. The van der Waals surface area contributed by atoms with E-state index in [4.69, 9.17) is 23.7 Å². The zero-order valence-electron chi connectivity index (χ0n) is 22.4. The van der Waals surface area contributed by atoms with Gasteiger partial charge in [0.1, 0.15) is 29.4 Å². The summed E-state index contributed by atoms with van der Waals surface area (Å²) < 4.78 is 32.3. The quantitative estimate of drug-likeness (QED) is 0.153. The van der Waals surface area contributed by atoms with Crippen molar-refractivity contribution in [1.82, 2.24) is 0 Å². The molecule has 0 N–H and O–H groups in total. The molecule has 5 nitrogen and oxygen atoms in total. The number of rotatable bonds is 13. The van der Waals surface area contributed by atoms with E-state index >= 15 is 0 Å². The number of alkyl halides is 1. The van der Waals surface area contributed by atoms with Crippen molar-refractivity contribution in [2.75, 3.05) is 6.61 Å². The van der Waals surface area contributed by atoms with E-state index in [-0.39, 0.29) is 6.10 Å². The lowest BCUT2D eigenvalue weighted by Crippen LogP contribution is -2.59. The maximum Gasteiger partial charge on any atom is 0.141 e. The van der Waals surface area contributed by atoms with Crippen LogP contribution in [0.25, 0.3) is 0 Å². The molecule has 0 spiro atoms. The Bertz CT molecular complexity index is 1240. The van der Waals surface area contributed by atoms with Crippen molar-refractivity contribution >= 4 is 15.9 Å². The smallest absolute Gasteiger partial charge is 0.141 e. The van der Waals surface area contributed by atoms with Gasteiger partial charge in [0.25, 0.3) is 0 Å². The monoisotopic (exact) mass is 602 g/mol. The van der Waals surface area contributed by atoms with Crippen LogP contribution in [0, 0.1) is 0 Å². The number of hydrogen-bond acceptors (Lipinski definition) is 5. The van der Waals surface area contributed by atoms with Gasteiger partial charge in [-0.3, -0.25) is 0 Å². The Kier molecular flexibility index (Phi) is 10.9. The zero-order valence-corrected chi connectivity index (χ0v) is 24.0. The second kappa shape index (κ2) is 15.2. The Labute approximate surface area is 245 Å². The van der Waals surface area contributed by atoms with Gasteiger partial charge in [-0.05, 0) is 22.3 Å². The molecule has 0 aromatic heterocycles. The van der Waals surface area contributed by atoms with Crippen molar-refractivity contribution in [3.8, 4) is 0 Å². The molecular formula is C34H35BrO5. The van der Waals surface area contributed by atoms with Gasteiger partial charge >= 0.3 is 0 Å². The van der Waals surface area contributed by atoms with Crippen molar-refractivity contribution in [2.24, 2.45) is 0 Å². The Morgan fingerprint density at radius 1 is 0.475 bits per heavy atom. The van der Waals surface area contributed by atoms with E-state index in [0.29, 0.717) is 33.0 Å². The largest absolute Gasteiger partial charge is 0.374 e. The summed E-state index contributed by atoms with van der Waals surface area (Å²) in [6.07, 6.45) is -1.60. The zero-order chi connectivity index (χ0) is 27.4. The van der Waals surface area contributed by atoms with Crippen LogP contribution >= 0.6 is 15.9 Å².